The van der Waals surface area contributed by atoms with Crippen LogP contribution in [0.3, 0.4) is 0 Å². The summed E-state index contributed by atoms with van der Waals surface area (Å²) in [5.74, 6) is -0.482. The highest BCUT2D eigenvalue weighted by atomic mass is 19.1. The second-order valence-corrected chi connectivity index (χ2v) is 4.82. The van der Waals surface area contributed by atoms with Crippen molar-refractivity contribution < 1.29 is 9.18 Å². The number of halogens is 1. The molecule has 104 valence electrons. The van der Waals surface area contributed by atoms with Gasteiger partial charge in [0.05, 0.1) is 17.8 Å². The zero-order valence-electron chi connectivity index (χ0n) is 11.5. The molecule has 0 saturated heterocycles. The first-order valence-corrected chi connectivity index (χ1v) is 6.37. The molecule has 3 nitrogen and oxygen atoms in total. The van der Waals surface area contributed by atoms with Crippen molar-refractivity contribution in [2.75, 3.05) is 11.1 Å². The van der Waals surface area contributed by atoms with Crippen LogP contribution < -0.4 is 11.1 Å². The molecule has 0 radical (unpaired) electrons. The van der Waals surface area contributed by atoms with Gasteiger partial charge in [-0.3, -0.25) is 4.79 Å². The standard InChI is InChI=1S/C16H17FN2O/c1-10-3-8-14(18)16(11(10)2)19-15(20)9-12-4-6-13(17)7-5-12/h3-8H,9,18H2,1-2H3,(H,19,20). The molecule has 0 fully saturated rings. The summed E-state index contributed by atoms with van der Waals surface area (Å²) < 4.78 is 12.8. The SMILES string of the molecule is Cc1ccc(N)c(NC(=O)Cc2ccc(F)cc2)c1C. The zero-order chi connectivity index (χ0) is 14.7. The average Bonchev–Trinajstić information content (AvgIpc) is 2.42. The predicted octanol–water partition coefficient (Wildman–Crippen LogP) is 3.21. The summed E-state index contributed by atoms with van der Waals surface area (Å²) in [6.45, 7) is 3.88. The van der Waals surface area contributed by atoms with Crippen molar-refractivity contribution >= 4 is 17.3 Å². The molecule has 0 aromatic heterocycles. The lowest BCUT2D eigenvalue weighted by molar-refractivity contribution is -0.115. The minimum absolute atomic E-state index is 0.169. The van der Waals surface area contributed by atoms with Gasteiger partial charge < -0.3 is 11.1 Å². The third kappa shape index (κ3) is 3.15. The Kier molecular flexibility index (Phi) is 4.03. The van der Waals surface area contributed by atoms with Gasteiger partial charge in [-0.05, 0) is 48.7 Å². The van der Waals surface area contributed by atoms with Crippen molar-refractivity contribution in [2.24, 2.45) is 0 Å². The summed E-state index contributed by atoms with van der Waals surface area (Å²) in [7, 11) is 0. The highest BCUT2D eigenvalue weighted by Crippen LogP contribution is 2.25. The lowest BCUT2D eigenvalue weighted by Crippen LogP contribution is -2.16. The fourth-order valence-electron chi connectivity index (χ4n) is 1.97. The smallest absolute Gasteiger partial charge is 0.228 e. The summed E-state index contributed by atoms with van der Waals surface area (Å²) in [4.78, 5) is 12.0. The van der Waals surface area contributed by atoms with Crippen molar-refractivity contribution in [2.45, 2.75) is 20.3 Å². The molecule has 0 unspecified atom stereocenters. The van der Waals surface area contributed by atoms with Gasteiger partial charge in [0.1, 0.15) is 5.82 Å². The maximum Gasteiger partial charge on any atom is 0.228 e. The van der Waals surface area contributed by atoms with E-state index in [2.05, 4.69) is 5.32 Å². The van der Waals surface area contributed by atoms with E-state index in [4.69, 9.17) is 5.73 Å². The number of hydrogen-bond donors (Lipinski definition) is 2. The van der Waals surface area contributed by atoms with Gasteiger partial charge in [0.15, 0.2) is 0 Å². The summed E-state index contributed by atoms with van der Waals surface area (Å²) in [5.41, 5.74) is 9.86. The van der Waals surface area contributed by atoms with Crippen molar-refractivity contribution in [3.05, 3.63) is 58.9 Å². The van der Waals surface area contributed by atoms with Crippen LogP contribution in [0.25, 0.3) is 0 Å². The van der Waals surface area contributed by atoms with Gasteiger partial charge in [0, 0.05) is 0 Å². The molecule has 0 aliphatic heterocycles. The molecule has 0 saturated carbocycles. The molecule has 0 atom stereocenters. The van der Waals surface area contributed by atoms with Gasteiger partial charge in [-0.2, -0.15) is 0 Å². The second kappa shape index (κ2) is 5.74. The Labute approximate surface area is 117 Å². The number of benzene rings is 2. The highest BCUT2D eigenvalue weighted by Gasteiger charge is 2.10. The lowest BCUT2D eigenvalue weighted by atomic mass is 10.1. The molecule has 20 heavy (non-hydrogen) atoms. The maximum atomic E-state index is 12.8. The minimum atomic E-state index is -0.312. The first-order valence-electron chi connectivity index (χ1n) is 6.37. The van der Waals surface area contributed by atoms with Gasteiger partial charge in [-0.1, -0.05) is 18.2 Å². The molecule has 2 rings (SSSR count). The Hall–Kier alpha value is -2.36. The molecule has 0 heterocycles. The Morgan fingerprint density at radius 1 is 1.15 bits per heavy atom. The highest BCUT2D eigenvalue weighted by molar-refractivity contribution is 5.96. The number of nitrogens with one attached hydrogen (secondary N) is 1. The van der Waals surface area contributed by atoms with Crippen LogP contribution in [0.15, 0.2) is 36.4 Å². The number of carbonyl (C=O) groups is 1. The second-order valence-electron chi connectivity index (χ2n) is 4.82. The van der Waals surface area contributed by atoms with Gasteiger partial charge >= 0.3 is 0 Å². The fraction of sp³-hybridized carbons (Fsp3) is 0.188. The van der Waals surface area contributed by atoms with Gasteiger partial charge in [0.2, 0.25) is 5.91 Å². The molecule has 0 bridgehead atoms. The van der Waals surface area contributed by atoms with Gasteiger partial charge in [-0.25, -0.2) is 4.39 Å². The van der Waals surface area contributed by atoms with Gasteiger partial charge in [-0.15, -0.1) is 0 Å². The summed E-state index contributed by atoms with van der Waals surface area (Å²) in [6.07, 6.45) is 0.188. The molecule has 0 spiro atoms. The largest absolute Gasteiger partial charge is 0.397 e. The summed E-state index contributed by atoms with van der Waals surface area (Å²) >= 11 is 0. The predicted molar refractivity (Wildman–Crippen MR) is 79.1 cm³/mol. The monoisotopic (exact) mass is 272 g/mol. The van der Waals surface area contributed by atoms with Crippen molar-refractivity contribution in [3.8, 4) is 0 Å². The van der Waals surface area contributed by atoms with Crippen molar-refractivity contribution in [1.29, 1.82) is 0 Å². The Morgan fingerprint density at radius 2 is 1.80 bits per heavy atom. The number of aryl methyl sites for hydroxylation is 1. The third-order valence-electron chi connectivity index (χ3n) is 3.31. The normalized spacial score (nSPS) is 10.3. The number of hydrogen-bond acceptors (Lipinski definition) is 2. The van der Waals surface area contributed by atoms with E-state index in [0.29, 0.717) is 11.4 Å². The average molecular weight is 272 g/mol. The van der Waals surface area contributed by atoms with Crippen LogP contribution in [0.1, 0.15) is 16.7 Å². The summed E-state index contributed by atoms with van der Waals surface area (Å²) in [6, 6.07) is 9.57. The molecule has 3 N–H and O–H groups in total. The van der Waals surface area contributed by atoms with Crippen LogP contribution >= 0.6 is 0 Å². The van der Waals surface area contributed by atoms with Gasteiger partial charge in [0.25, 0.3) is 0 Å². The molecule has 2 aromatic rings. The van der Waals surface area contributed by atoms with E-state index in [1.165, 1.54) is 12.1 Å². The van der Waals surface area contributed by atoms with Crippen LogP contribution in [0.2, 0.25) is 0 Å². The molecule has 0 aliphatic rings. The van der Waals surface area contributed by atoms with Crippen LogP contribution in [-0.4, -0.2) is 5.91 Å². The molecular weight excluding hydrogens is 255 g/mol. The van der Waals surface area contributed by atoms with E-state index in [0.717, 1.165) is 16.7 Å². The van der Waals surface area contributed by atoms with Crippen molar-refractivity contribution in [3.63, 3.8) is 0 Å². The maximum absolute atomic E-state index is 12.8. The first kappa shape index (κ1) is 14.1. The van der Waals surface area contributed by atoms with Crippen LogP contribution in [0, 0.1) is 19.7 Å². The van der Waals surface area contributed by atoms with Crippen LogP contribution in [0.4, 0.5) is 15.8 Å². The zero-order valence-corrected chi connectivity index (χ0v) is 11.5. The molecular formula is C16H17FN2O. The number of carbonyl (C=O) groups excluding carboxylic acids is 1. The van der Waals surface area contributed by atoms with E-state index in [9.17, 15) is 9.18 Å². The van der Waals surface area contributed by atoms with Crippen molar-refractivity contribution in [1.82, 2.24) is 0 Å². The Bertz CT molecular complexity index is 636. The van der Waals surface area contributed by atoms with E-state index in [1.807, 2.05) is 19.9 Å². The Morgan fingerprint density at radius 3 is 2.45 bits per heavy atom. The number of nitrogens with two attached hydrogens (primary N) is 1. The van der Waals surface area contributed by atoms with E-state index in [-0.39, 0.29) is 18.1 Å². The number of rotatable bonds is 3. The number of anilines is 2. The number of amides is 1. The Balaban J connectivity index is 2.12. The van der Waals surface area contributed by atoms with E-state index >= 15 is 0 Å². The lowest BCUT2D eigenvalue weighted by Gasteiger charge is -2.13. The first-order chi connectivity index (χ1) is 9.47. The quantitative estimate of drug-likeness (QED) is 0.843. The number of nitrogen functional groups attached to an aromatic ring is 1. The topological polar surface area (TPSA) is 55.1 Å². The molecule has 2 aromatic carbocycles. The molecule has 1 amide bonds. The third-order valence-corrected chi connectivity index (χ3v) is 3.31. The fourth-order valence-corrected chi connectivity index (χ4v) is 1.97. The van der Waals surface area contributed by atoms with Crippen LogP contribution in [0.5, 0.6) is 0 Å². The minimum Gasteiger partial charge on any atom is -0.397 e. The molecule has 0 aliphatic carbocycles. The molecule has 4 heteroatoms. The van der Waals surface area contributed by atoms with Crippen LogP contribution in [-0.2, 0) is 11.2 Å². The van der Waals surface area contributed by atoms with E-state index in [1.54, 1.807) is 18.2 Å². The summed E-state index contributed by atoms with van der Waals surface area (Å²) in [5, 5.41) is 2.82. The van der Waals surface area contributed by atoms with E-state index < -0.39 is 0 Å².